The standard InChI is InChI=1S/C13H19NO3/c1-9(2)17-11-6-4-10(5-7-11)8-12(14-3)13(15)16/h4-7,9,12,14H,8H2,1-3H3,(H,15,16)/t12-/m1/s1. The maximum absolute atomic E-state index is 10.9. The third-order valence-corrected chi connectivity index (χ3v) is 2.38. The summed E-state index contributed by atoms with van der Waals surface area (Å²) in [5, 5.41) is 11.7. The van der Waals surface area contributed by atoms with E-state index in [1.54, 1.807) is 7.05 Å². The second-order valence-electron chi connectivity index (χ2n) is 4.19. The van der Waals surface area contributed by atoms with Crippen molar-refractivity contribution in [3.63, 3.8) is 0 Å². The van der Waals surface area contributed by atoms with Gasteiger partial charge in [-0.1, -0.05) is 12.1 Å². The van der Waals surface area contributed by atoms with Crippen LogP contribution in [0, 0.1) is 0 Å². The maximum atomic E-state index is 10.9. The summed E-state index contributed by atoms with van der Waals surface area (Å²) in [5.41, 5.74) is 0.975. The lowest BCUT2D eigenvalue weighted by Gasteiger charge is -2.12. The Hall–Kier alpha value is -1.55. The molecule has 0 aliphatic heterocycles. The van der Waals surface area contributed by atoms with Gasteiger partial charge in [0.2, 0.25) is 0 Å². The van der Waals surface area contributed by atoms with Crippen LogP contribution < -0.4 is 10.1 Å². The average Bonchev–Trinajstić information content (AvgIpc) is 2.26. The van der Waals surface area contributed by atoms with Crippen LogP contribution in [0.3, 0.4) is 0 Å². The predicted octanol–water partition coefficient (Wildman–Crippen LogP) is 1.69. The van der Waals surface area contributed by atoms with Gasteiger partial charge in [-0.15, -0.1) is 0 Å². The Morgan fingerprint density at radius 3 is 2.35 bits per heavy atom. The Balaban J connectivity index is 2.64. The number of carbonyl (C=O) groups is 1. The van der Waals surface area contributed by atoms with Gasteiger partial charge in [0.1, 0.15) is 11.8 Å². The number of carboxylic acids is 1. The predicted molar refractivity (Wildman–Crippen MR) is 66.4 cm³/mol. The van der Waals surface area contributed by atoms with E-state index in [1.165, 1.54) is 0 Å². The first-order chi connectivity index (χ1) is 8.02. The fraction of sp³-hybridized carbons (Fsp3) is 0.462. The Labute approximate surface area is 102 Å². The molecule has 1 aromatic carbocycles. The van der Waals surface area contributed by atoms with Crippen LogP contribution in [-0.4, -0.2) is 30.3 Å². The summed E-state index contributed by atoms with van der Waals surface area (Å²) in [6, 6.07) is 6.97. The summed E-state index contributed by atoms with van der Waals surface area (Å²) in [4.78, 5) is 10.9. The minimum Gasteiger partial charge on any atom is -0.491 e. The Morgan fingerprint density at radius 1 is 1.35 bits per heavy atom. The van der Waals surface area contributed by atoms with E-state index in [-0.39, 0.29) is 6.10 Å². The van der Waals surface area contributed by atoms with Gasteiger partial charge in [-0.2, -0.15) is 0 Å². The summed E-state index contributed by atoms with van der Waals surface area (Å²) in [7, 11) is 1.65. The monoisotopic (exact) mass is 237 g/mol. The van der Waals surface area contributed by atoms with Crippen molar-refractivity contribution in [2.75, 3.05) is 7.05 Å². The molecule has 0 saturated carbocycles. The van der Waals surface area contributed by atoms with Crippen molar-refractivity contribution < 1.29 is 14.6 Å². The van der Waals surface area contributed by atoms with Crippen LogP contribution in [0.25, 0.3) is 0 Å². The summed E-state index contributed by atoms with van der Waals surface area (Å²) >= 11 is 0. The van der Waals surface area contributed by atoms with E-state index < -0.39 is 12.0 Å². The molecule has 0 bridgehead atoms. The van der Waals surface area contributed by atoms with Gasteiger partial charge < -0.3 is 15.2 Å². The number of hydrogen-bond acceptors (Lipinski definition) is 3. The lowest BCUT2D eigenvalue weighted by molar-refractivity contribution is -0.139. The molecule has 0 saturated heterocycles. The molecule has 17 heavy (non-hydrogen) atoms. The molecular formula is C13H19NO3. The number of nitrogens with one attached hydrogen (secondary N) is 1. The molecule has 0 spiro atoms. The molecule has 0 aromatic heterocycles. The fourth-order valence-electron chi connectivity index (χ4n) is 1.52. The van der Waals surface area contributed by atoms with E-state index in [4.69, 9.17) is 9.84 Å². The van der Waals surface area contributed by atoms with Crippen molar-refractivity contribution in [2.45, 2.75) is 32.4 Å². The molecule has 2 N–H and O–H groups in total. The minimum absolute atomic E-state index is 0.143. The number of hydrogen-bond donors (Lipinski definition) is 2. The summed E-state index contributed by atoms with van der Waals surface area (Å²) in [6.45, 7) is 3.94. The van der Waals surface area contributed by atoms with Gasteiger partial charge in [0.05, 0.1) is 6.10 Å². The van der Waals surface area contributed by atoms with E-state index in [0.29, 0.717) is 6.42 Å². The highest BCUT2D eigenvalue weighted by atomic mass is 16.5. The number of rotatable bonds is 6. The molecule has 0 fully saturated rings. The number of ether oxygens (including phenoxy) is 1. The topological polar surface area (TPSA) is 58.6 Å². The number of carboxylic acid groups (broad SMARTS) is 1. The van der Waals surface area contributed by atoms with E-state index in [2.05, 4.69) is 5.32 Å². The molecule has 94 valence electrons. The Kier molecular flexibility index (Phi) is 4.97. The van der Waals surface area contributed by atoms with Gasteiger partial charge in [0.25, 0.3) is 0 Å². The molecule has 0 radical (unpaired) electrons. The summed E-state index contributed by atoms with van der Waals surface area (Å²) in [6.07, 6.45) is 0.610. The first kappa shape index (κ1) is 13.5. The van der Waals surface area contributed by atoms with Gasteiger partial charge in [0.15, 0.2) is 0 Å². The van der Waals surface area contributed by atoms with E-state index >= 15 is 0 Å². The minimum atomic E-state index is -0.838. The second kappa shape index (κ2) is 6.25. The zero-order valence-electron chi connectivity index (χ0n) is 10.4. The highest BCUT2D eigenvalue weighted by molar-refractivity contribution is 5.73. The lowest BCUT2D eigenvalue weighted by Crippen LogP contribution is -2.35. The van der Waals surface area contributed by atoms with Crippen molar-refractivity contribution >= 4 is 5.97 Å². The number of benzene rings is 1. The SMILES string of the molecule is CN[C@H](Cc1ccc(OC(C)C)cc1)C(=O)O. The molecule has 1 atom stereocenters. The normalized spacial score (nSPS) is 12.5. The highest BCUT2D eigenvalue weighted by Crippen LogP contribution is 2.14. The maximum Gasteiger partial charge on any atom is 0.321 e. The zero-order valence-corrected chi connectivity index (χ0v) is 10.4. The van der Waals surface area contributed by atoms with Crippen LogP contribution in [0.5, 0.6) is 5.75 Å². The van der Waals surface area contributed by atoms with Crippen LogP contribution in [0.1, 0.15) is 19.4 Å². The van der Waals surface area contributed by atoms with E-state index in [9.17, 15) is 4.79 Å². The number of aliphatic carboxylic acids is 1. The third-order valence-electron chi connectivity index (χ3n) is 2.38. The van der Waals surface area contributed by atoms with Gasteiger partial charge in [-0.05, 0) is 45.0 Å². The second-order valence-corrected chi connectivity index (χ2v) is 4.19. The van der Waals surface area contributed by atoms with Gasteiger partial charge in [-0.3, -0.25) is 4.79 Å². The molecule has 0 aliphatic carbocycles. The van der Waals surface area contributed by atoms with Crippen LogP contribution in [0.4, 0.5) is 0 Å². The van der Waals surface area contributed by atoms with Crippen LogP contribution in [-0.2, 0) is 11.2 Å². The van der Waals surface area contributed by atoms with Gasteiger partial charge in [0, 0.05) is 0 Å². The summed E-state index contributed by atoms with van der Waals surface area (Å²) < 4.78 is 5.52. The molecule has 1 aromatic rings. The smallest absolute Gasteiger partial charge is 0.321 e. The van der Waals surface area contributed by atoms with E-state index in [1.807, 2.05) is 38.1 Å². The third kappa shape index (κ3) is 4.44. The van der Waals surface area contributed by atoms with Crippen LogP contribution in [0.15, 0.2) is 24.3 Å². The van der Waals surface area contributed by atoms with Crippen molar-refractivity contribution in [3.8, 4) is 5.75 Å². The first-order valence-electron chi connectivity index (χ1n) is 5.68. The molecule has 4 nitrogen and oxygen atoms in total. The molecule has 4 heteroatoms. The molecule has 0 aliphatic rings. The van der Waals surface area contributed by atoms with Crippen molar-refractivity contribution in [1.29, 1.82) is 0 Å². The van der Waals surface area contributed by atoms with Gasteiger partial charge in [-0.25, -0.2) is 0 Å². The molecule has 0 heterocycles. The zero-order chi connectivity index (χ0) is 12.8. The Morgan fingerprint density at radius 2 is 1.94 bits per heavy atom. The largest absolute Gasteiger partial charge is 0.491 e. The molecule has 1 rings (SSSR count). The lowest BCUT2D eigenvalue weighted by atomic mass is 10.1. The van der Waals surface area contributed by atoms with E-state index in [0.717, 1.165) is 11.3 Å². The van der Waals surface area contributed by atoms with Crippen LogP contribution >= 0.6 is 0 Å². The summed E-state index contributed by atoms with van der Waals surface area (Å²) in [5.74, 6) is -0.0323. The van der Waals surface area contributed by atoms with Gasteiger partial charge >= 0.3 is 5.97 Å². The molecule has 0 unspecified atom stereocenters. The average molecular weight is 237 g/mol. The number of likely N-dealkylation sites (N-methyl/N-ethyl adjacent to an activating group) is 1. The molecule has 0 amide bonds. The van der Waals surface area contributed by atoms with Crippen molar-refractivity contribution in [1.82, 2.24) is 5.32 Å². The van der Waals surface area contributed by atoms with Crippen molar-refractivity contribution in [3.05, 3.63) is 29.8 Å². The first-order valence-corrected chi connectivity index (χ1v) is 5.68. The molecular weight excluding hydrogens is 218 g/mol. The van der Waals surface area contributed by atoms with Crippen LogP contribution in [0.2, 0.25) is 0 Å². The highest BCUT2D eigenvalue weighted by Gasteiger charge is 2.15. The quantitative estimate of drug-likeness (QED) is 0.790. The van der Waals surface area contributed by atoms with Crippen molar-refractivity contribution in [2.24, 2.45) is 0 Å². The Bertz CT molecular complexity index is 359. The fourth-order valence-corrected chi connectivity index (χ4v) is 1.52.